The molecule has 0 amide bonds. The summed E-state index contributed by atoms with van der Waals surface area (Å²) in [5.41, 5.74) is 0. The monoisotopic (exact) mass is 253 g/mol. The zero-order chi connectivity index (χ0) is 13.0. The minimum atomic E-state index is -0.859. The van der Waals surface area contributed by atoms with Crippen molar-refractivity contribution in [3.63, 3.8) is 0 Å². The number of methoxy groups -OCH3 is 1. The zero-order valence-corrected chi connectivity index (χ0v) is 10.1. The van der Waals surface area contributed by atoms with Crippen LogP contribution in [-0.4, -0.2) is 54.0 Å². The number of aliphatic carboxylic acids is 1. The number of ether oxygens (including phenoxy) is 2. The number of morpholine rings is 1. The lowest BCUT2D eigenvalue weighted by Gasteiger charge is -2.33. The highest BCUT2D eigenvalue weighted by molar-refractivity contribution is 5.67. The fourth-order valence-electron chi connectivity index (χ4n) is 1.86. The minimum Gasteiger partial charge on any atom is -0.481 e. The topological polar surface area (TPSA) is 84.8 Å². The molecule has 0 aliphatic carbocycles. The van der Waals surface area contributed by atoms with E-state index in [4.69, 9.17) is 14.6 Å². The molecule has 1 unspecified atom stereocenters. The van der Waals surface area contributed by atoms with Crippen LogP contribution in [0, 0.1) is 0 Å². The minimum absolute atomic E-state index is 0.00127. The van der Waals surface area contributed by atoms with Gasteiger partial charge in [0.1, 0.15) is 12.1 Å². The molecule has 1 aliphatic heterocycles. The Kier molecular flexibility index (Phi) is 3.93. The van der Waals surface area contributed by atoms with Crippen LogP contribution in [0.3, 0.4) is 0 Å². The average Bonchev–Trinajstić information content (AvgIpc) is 2.38. The molecule has 7 heteroatoms. The number of hydrogen-bond donors (Lipinski definition) is 1. The molecule has 2 rings (SSSR count). The summed E-state index contributed by atoms with van der Waals surface area (Å²) in [6, 6.07) is 1.73. The molecule has 1 atom stereocenters. The number of hydrogen-bond acceptors (Lipinski definition) is 6. The third kappa shape index (κ3) is 3.07. The summed E-state index contributed by atoms with van der Waals surface area (Å²) in [5.74, 6) is 0.351. The van der Waals surface area contributed by atoms with E-state index in [0.29, 0.717) is 25.6 Å². The van der Waals surface area contributed by atoms with Crippen LogP contribution in [0.5, 0.6) is 5.88 Å². The molecule has 0 saturated carbocycles. The van der Waals surface area contributed by atoms with Gasteiger partial charge in [-0.3, -0.25) is 4.79 Å². The number of carboxylic acid groups (broad SMARTS) is 1. The van der Waals surface area contributed by atoms with Gasteiger partial charge in [-0.25, -0.2) is 9.97 Å². The van der Waals surface area contributed by atoms with Gasteiger partial charge in [0, 0.05) is 19.2 Å². The van der Waals surface area contributed by atoms with Crippen molar-refractivity contribution in [2.75, 3.05) is 31.7 Å². The predicted octanol–water partition coefficient (Wildman–Crippen LogP) is 0.165. The summed E-state index contributed by atoms with van der Waals surface area (Å²) < 4.78 is 10.4. The first-order valence-electron chi connectivity index (χ1n) is 5.63. The Hall–Kier alpha value is -1.89. The average molecular weight is 253 g/mol. The van der Waals surface area contributed by atoms with Gasteiger partial charge >= 0.3 is 5.97 Å². The molecule has 2 heterocycles. The Labute approximate surface area is 104 Å². The Morgan fingerprint density at radius 3 is 3.22 bits per heavy atom. The predicted molar refractivity (Wildman–Crippen MR) is 62.8 cm³/mol. The third-order valence-corrected chi connectivity index (χ3v) is 2.70. The Balaban J connectivity index is 2.05. The molecule has 1 N–H and O–H groups in total. The molecule has 1 aromatic heterocycles. The summed E-state index contributed by atoms with van der Waals surface area (Å²) in [6.07, 6.45) is 1.12. The van der Waals surface area contributed by atoms with Gasteiger partial charge in [0.15, 0.2) is 0 Å². The van der Waals surface area contributed by atoms with Gasteiger partial charge in [0.25, 0.3) is 0 Å². The van der Waals surface area contributed by atoms with Gasteiger partial charge in [-0.15, -0.1) is 0 Å². The highest BCUT2D eigenvalue weighted by Gasteiger charge is 2.23. The van der Waals surface area contributed by atoms with E-state index < -0.39 is 5.97 Å². The quantitative estimate of drug-likeness (QED) is 0.818. The Bertz CT molecular complexity index is 427. The maximum Gasteiger partial charge on any atom is 0.306 e. The highest BCUT2D eigenvalue weighted by atomic mass is 16.5. The SMILES string of the molecule is COc1cc(N2CCOC(CC(=O)O)C2)ncn1. The molecule has 7 nitrogen and oxygen atoms in total. The van der Waals surface area contributed by atoms with Crippen molar-refractivity contribution < 1.29 is 19.4 Å². The molecule has 98 valence electrons. The number of carboxylic acids is 1. The lowest BCUT2D eigenvalue weighted by molar-refractivity contribution is -0.140. The second kappa shape index (κ2) is 5.63. The number of anilines is 1. The van der Waals surface area contributed by atoms with Crippen LogP contribution in [0.2, 0.25) is 0 Å². The van der Waals surface area contributed by atoms with Gasteiger partial charge in [0.2, 0.25) is 5.88 Å². The smallest absolute Gasteiger partial charge is 0.306 e. The molecule has 0 aromatic carbocycles. The second-order valence-electron chi connectivity index (χ2n) is 3.96. The number of aromatic nitrogens is 2. The van der Waals surface area contributed by atoms with Crippen molar-refractivity contribution in [3.8, 4) is 5.88 Å². The molecule has 1 saturated heterocycles. The maximum absolute atomic E-state index is 10.7. The molecule has 18 heavy (non-hydrogen) atoms. The standard InChI is InChI=1S/C11H15N3O4/c1-17-10-5-9(12-7-13-10)14-2-3-18-8(6-14)4-11(15)16/h5,7-8H,2-4,6H2,1H3,(H,15,16). The van der Waals surface area contributed by atoms with E-state index in [1.807, 2.05) is 4.90 Å². The van der Waals surface area contributed by atoms with E-state index in [1.165, 1.54) is 6.33 Å². The summed E-state index contributed by atoms with van der Waals surface area (Å²) in [7, 11) is 1.54. The van der Waals surface area contributed by atoms with Crippen LogP contribution < -0.4 is 9.64 Å². The van der Waals surface area contributed by atoms with E-state index >= 15 is 0 Å². The molecular formula is C11H15N3O4. The van der Waals surface area contributed by atoms with Crippen molar-refractivity contribution in [3.05, 3.63) is 12.4 Å². The van der Waals surface area contributed by atoms with E-state index in [0.717, 1.165) is 5.82 Å². The third-order valence-electron chi connectivity index (χ3n) is 2.70. The van der Waals surface area contributed by atoms with Gasteiger partial charge in [0.05, 0.1) is 26.2 Å². The van der Waals surface area contributed by atoms with E-state index in [2.05, 4.69) is 9.97 Å². The molecule has 1 fully saturated rings. The lowest BCUT2D eigenvalue weighted by Crippen LogP contribution is -2.43. The molecule has 0 bridgehead atoms. The summed E-state index contributed by atoms with van der Waals surface area (Å²) in [5, 5.41) is 8.76. The van der Waals surface area contributed by atoms with Crippen LogP contribution in [0.1, 0.15) is 6.42 Å². The lowest BCUT2D eigenvalue weighted by atomic mass is 10.2. The Morgan fingerprint density at radius 1 is 1.67 bits per heavy atom. The van der Waals surface area contributed by atoms with Crippen molar-refractivity contribution in [1.29, 1.82) is 0 Å². The first-order chi connectivity index (χ1) is 8.69. The Morgan fingerprint density at radius 2 is 2.50 bits per heavy atom. The van der Waals surface area contributed by atoms with Crippen LogP contribution in [-0.2, 0) is 9.53 Å². The van der Waals surface area contributed by atoms with Crippen molar-refractivity contribution in [2.24, 2.45) is 0 Å². The molecule has 1 aliphatic rings. The number of nitrogens with zero attached hydrogens (tertiary/aromatic N) is 3. The fourth-order valence-corrected chi connectivity index (χ4v) is 1.86. The second-order valence-corrected chi connectivity index (χ2v) is 3.96. The highest BCUT2D eigenvalue weighted by Crippen LogP contribution is 2.19. The van der Waals surface area contributed by atoms with E-state index in [-0.39, 0.29) is 12.5 Å². The number of carbonyl (C=O) groups is 1. The van der Waals surface area contributed by atoms with Crippen LogP contribution in [0.4, 0.5) is 5.82 Å². The molecule has 0 radical (unpaired) electrons. The van der Waals surface area contributed by atoms with Crippen LogP contribution in [0.15, 0.2) is 12.4 Å². The first kappa shape index (κ1) is 12.6. The van der Waals surface area contributed by atoms with Crippen molar-refractivity contribution in [2.45, 2.75) is 12.5 Å². The van der Waals surface area contributed by atoms with Crippen LogP contribution >= 0.6 is 0 Å². The van der Waals surface area contributed by atoms with Gasteiger partial charge in [-0.05, 0) is 0 Å². The molecule has 1 aromatic rings. The molecular weight excluding hydrogens is 238 g/mol. The summed E-state index contributed by atoms with van der Waals surface area (Å²) >= 11 is 0. The zero-order valence-electron chi connectivity index (χ0n) is 10.1. The summed E-state index contributed by atoms with van der Waals surface area (Å²) in [4.78, 5) is 20.7. The van der Waals surface area contributed by atoms with E-state index in [1.54, 1.807) is 13.2 Å². The molecule has 0 spiro atoms. The summed E-state index contributed by atoms with van der Waals surface area (Å²) in [6.45, 7) is 1.67. The van der Waals surface area contributed by atoms with Gasteiger partial charge < -0.3 is 19.5 Å². The van der Waals surface area contributed by atoms with E-state index in [9.17, 15) is 4.79 Å². The normalized spacial score (nSPS) is 19.6. The fraction of sp³-hybridized carbons (Fsp3) is 0.545. The van der Waals surface area contributed by atoms with Crippen molar-refractivity contribution >= 4 is 11.8 Å². The number of rotatable bonds is 4. The van der Waals surface area contributed by atoms with Gasteiger partial charge in [-0.1, -0.05) is 0 Å². The largest absolute Gasteiger partial charge is 0.481 e. The maximum atomic E-state index is 10.7. The van der Waals surface area contributed by atoms with Crippen molar-refractivity contribution in [1.82, 2.24) is 9.97 Å². The first-order valence-corrected chi connectivity index (χ1v) is 5.63. The van der Waals surface area contributed by atoms with Gasteiger partial charge in [-0.2, -0.15) is 0 Å². The van der Waals surface area contributed by atoms with Crippen LogP contribution in [0.25, 0.3) is 0 Å².